The zero-order valence-electron chi connectivity index (χ0n) is 17.5. The van der Waals surface area contributed by atoms with Gasteiger partial charge in [0.1, 0.15) is 0 Å². The molecule has 0 aliphatic carbocycles. The van der Waals surface area contributed by atoms with Crippen molar-refractivity contribution in [2.75, 3.05) is 11.5 Å². The molecule has 0 saturated carbocycles. The normalized spacial score (nSPS) is 10.9. The van der Waals surface area contributed by atoms with E-state index in [-0.39, 0.29) is 19.1 Å². The van der Waals surface area contributed by atoms with Crippen molar-refractivity contribution in [2.45, 2.75) is 13.5 Å². The first-order chi connectivity index (χ1) is 15.8. The van der Waals surface area contributed by atoms with Gasteiger partial charge in [0.2, 0.25) is 0 Å². The van der Waals surface area contributed by atoms with Crippen molar-refractivity contribution in [3.8, 4) is 0 Å². The third-order valence-corrected chi connectivity index (χ3v) is 5.97. The first-order valence-corrected chi connectivity index (χ1v) is 11.5. The van der Waals surface area contributed by atoms with Gasteiger partial charge in [-0.05, 0) is 67.1 Å². The van der Waals surface area contributed by atoms with Crippen LogP contribution in [0, 0.1) is 0 Å². The Balaban J connectivity index is 1.95. The van der Waals surface area contributed by atoms with E-state index in [4.69, 9.17) is 51.1 Å². The molecule has 0 aliphatic rings. The van der Waals surface area contributed by atoms with Crippen LogP contribution in [0.5, 0.6) is 0 Å². The van der Waals surface area contributed by atoms with Crippen molar-refractivity contribution in [1.29, 1.82) is 0 Å². The number of hydrogen-bond acceptors (Lipinski definition) is 3. The summed E-state index contributed by atoms with van der Waals surface area (Å²) < 4.78 is 5.02. The van der Waals surface area contributed by atoms with E-state index < -0.39 is 5.97 Å². The lowest BCUT2D eigenvalue weighted by Crippen LogP contribution is -2.29. The maximum absolute atomic E-state index is 13.2. The molecule has 0 heterocycles. The number of ether oxygens (including phenoxy) is 1. The Hall–Kier alpha value is -2.50. The summed E-state index contributed by atoms with van der Waals surface area (Å²) in [6.07, 6.45) is 3.01. The van der Waals surface area contributed by atoms with Gasteiger partial charge in [-0.1, -0.05) is 58.5 Å². The highest BCUT2D eigenvalue weighted by molar-refractivity contribution is 6.36. The molecular weight excluding hydrogens is 504 g/mol. The minimum atomic E-state index is -0.437. The Morgan fingerprint density at radius 3 is 2.18 bits per heavy atom. The summed E-state index contributed by atoms with van der Waals surface area (Å²) in [5.41, 5.74) is 2.17. The molecule has 8 heteroatoms. The van der Waals surface area contributed by atoms with Gasteiger partial charge < -0.3 is 9.64 Å². The largest absolute Gasteiger partial charge is 0.462 e. The highest BCUT2D eigenvalue weighted by atomic mass is 35.5. The zero-order chi connectivity index (χ0) is 24.0. The molecule has 0 fully saturated rings. The lowest BCUT2D eigenvalue weighted by atomic mass is 10.1. The van der Waals surface area contributed by atoms with Crippen LogP contribution in [0.4, 0.5) is 5.69 Å². The summed E-state index contributed by atoms with van der Waals surface area (Å²) in [7, 11) is 0. The zero-order valence-corrected chi connectivity index (χ0v) is 20.5. The fourth-order valence-corrected chi connectivity index (χ4v) is 4.01. The first-order valence-electron chi connectivity index (χ1n) is 9.95. The van der Waals surface area contributed by atoms with E-state index in [2.05, 4.69) is 0 Å². The minimum Gasteiger partial charge on any atom is -0.462 e. The van der Waals surface area contributed by atoms with Gasteiger partial charge >= 0.3 is 5.97 Å². The Labute approximate surface area is 212 Å². The van der Waals surface area contributed by atoms with Crippen molar-refractivity contribution in [2.24, 2.45) is 0 Å². The Bertz CT molecular complexity index is 1170. The van der Waals surface area contributed by atoms with Crippen molar-refractivity contribution in [3.63, 3.8) is 0 Å². The van der Waals surface area contributed by atoms with Crippen LogP contribution in [-0.2, 0) is 16.1 Å². The van der Waals surface area contributed by atoms with Gasteiger partial charge in [0.25, 0.3) is 5.91 Å². The van der Waals surface area contributed by atoms with Gasteiger partial charge in [-0.2, -0.15) is 0 Å². The van der Waals surface area contributed by atoms with Crippen LogP contribution < -0.4 is 4.90 Å². The Kier molecular flexibility index (Phi) is 8.81. The Morgan fingerprint density at radius 2 is 1.58 bits per heavy atom. The van der Waals surface area contributed by atoms with Gasteiger partial charge in [-0.25, -0.2) is 4.79 Å². The van der Waals surface area contributed by atoms with Gasteiger partial charge in [-0.15, -0.1) is 0 Å². The highest BCUT2D eigenvalue weighted by Crippen LogP contribution is 2.29. The second-order valence-electron chi connectivity index (χ2n) is 6.89. The molecular formula is C25H19Cl4NO3. The number of halogens is 4. The molecule has 33 heavy (non-hydrogen) atoms. The molecule has 0 N–H and O–H groups in total. The van der Waals surface area contributed by atoms with E-state index in [0.717, 1.165) is 0 Å². The number of carbonyl (C=O) groups excluding carboxylic acids is 2. The van der Waals surface area contributed by atoms with Crippen molar-refractivity contribution < 1.29 is 14.3 Å². The number of benzene rings is 3. The van der Waals surface area contributed by atoms with E-state index in [1.165, 1.54) is 11.0 Å². The molecule has 3 aromatic rings. The number of amides is 1. The van der Waals surface area contributed by atoms with Crippen LogP contribution in [0.2, 0.25) is 20.1 Å². The van der Waals surface area contributed by atoms with Crippen LogP contribution in [-0.4, -0.2) is 18.5 Å². The summed E-state index contributed by atoms with van der Waals surface area (Å²) in [4.78, 5) is 26.7. The first kappa shape index (κ1) is 25.1. The standard InChI is InChI=1S/C25H19Cl4NO3/c1-2-33-25(32)17-7-11-19(12-8-17)30(15-20-21(27)4-3-5-22(20)28)24(31)13-9-16-6-10-18(26)14-23(16)29/h3-14H,2,15H2,1H3/b13-9+. The summed E-state index contributed by atoms with van der Waals surface area (Å²) >= 11 is 24.8. The van der Waals surface area contributed by atoms with Gasteiger partial charge in [0.15, 0.2) is 0 Å². The van der Waals surface area contributed by atoms with Crippen LogP contribution in [0.3, 0.4) is 0 Å². The minimum absolute atomic E-state index is 0.120. The number of carbonyl (C=O) groups is 2. The number of anilines is 1. The molecule has 0 radical (unpaired) electrons. The third kappa shape index (κ3) is 6.52. The molecule has 0 spiro atoms. The van der Waals surface area contributed by atoms with Crippen molar-refractivity contribution in [3.05, 3.63) is 104 Å². The number of nitrogens with zero attached hydrogens (tertiary/aromatic N) is 1. The predicted octanol–water partition coefficient (Wildman–Crippen LogP) is 7.72. The predicted molar refractivity (Wildman–Crippen MR) is 136 cm³/mol. The molecule has 4 nitrogen and oxygen atoms in total. The second kappa shape index (κ2) is 11.6. The van der Waals surface area contributed by atoms with Crippen LogP contribution in [0.15, 0.2) is 66.7 Å². The summed E-state index contributed by atoms with van der Waals surface area (Å²) in [6.45, 7) is 2.13. The quantitative estimate of drug-likeness (QED) is 0.235. The van der Waals surface area contributed by atoms with E-state index in [1.807, 2.05) is 0 Å². The maximum Gasteiger partial charge on any atom is 0.338 e. The molecule has 0 unspecified atom stereocenters. The SMILES string of the molecule is CCOC(=O)c1ccc(N(Cc2c(Cl)cccc2Cl)C(=O)/C=C/c2ccc(Cl)cc2Cl)cc1. The average Bonchev–Trinajstić information content (AvgIpc) is 2.78. The maximum atomic E-state index is 13.2. The van der Waals surface area contributed by atoms with Gasteiger partial charge in [-0.3, -0.25) is 4.79 Å². The molecule has 1 amide bonds. The van der Waals surface area contributed by atoms with E-state index in [9.17, 15) is 9.59 Å². The molecule has 170 valence electrons. The number of esters is 1. The smallest absolute Gasteiger partial charge is 0.338 e. The van der Waals surface area contributed by atoms with Crippen molar-refractivity contribution >= 4 is 70.0 Å². The molecule has 0 aromatic heterocycles. The summed E-state index contributed by atoms with van der Waals surface area (Å²) in [5, 5.41) is 1.80. The van der Waals surface area contributed by atoms with Crippen molar-refractivity contribution in [1.82, 2.24) is 0 Å². The monoisotopic (exact) mass is 521 g/mol. The summed E-state index contributed by atoms with van der Waals surface area (Å²) in [6, 6.07) is 16.7. The van der Waals surface area contributed by atoms with E-state index >= 15 is 0 Å². The number of hydrogen-bond donors (Lipinski definition) is 0. The number of rotatable bonds is 7. The van der Waals surface area contributed by atoms with Gasteiger partial charge in [0.05, 0.1) is 18.7 Å². The second-order valence-corrected chi connectivity index (χ2v) is 8.55. The van der Waals surface area contributed by atoms with Crippen LogP contribution in [0.25, 0.3) is 6.08 Å². The lowest BCUT2D eigenvalue weighted by molar-refractivity contribution is -0.114. The average molecular weight is 523 g/mol. The topological polar surface area (TPSA) is 46.6 Å². The summed E-state index contributed by atoms with van der Waals surface area (Å²) in [5.74, 6) is -0.769. The molecule has 0 atom stereocenters. The lowest BCUT2D eigenvalue weighted by Gasteiger charge is -2.23. The molecule has 3 aromatic carbocycles. The highest BCUT2D eigenvalue weighted by Gasteiger charge is 2.18. The van der Waals surface area contributed by atoms with Crippen LogP contribution >= 0.6 is 46.4 Å². The molecule has 0 saturated heterocycles. The van der Waals surface area contributed by atoms with Crippen LogP contribution in [0.1, 0.15) is 28.4 Å². The van der Waals surface area contributed by atoms with E-state index in [0.29, 0.717) is 42.5 Å². The molecule has 0 aliphatic heterocycles. The molecule has 3 rings (SSSR count). The fourth-order valence-electron chi connectivity index (χ4n) is 3.02. The van der Waals surface area contributed by atoms with E-state index in [1.54, 1.807) is 73.7 Å². The van der Waals surface area contributed by atoms with Gasteiger partial charge in [0, 0.05) is 37.4 Å². The Morgan fingerprint density at radius 1 is 0.909 bits per heavy atom. The third-order valence-electron chi connectivity index (χ3n) is 4.70. The fraction of sp³-hybridized carbons (Fsp3) is 0.120. The molecule has 0 bridgehead atoms.